The zero-order chi connectivity index (χ0) is 23.9. The third-order valence-electron chi connectivity index (χ3n) is 8.09. The van der Waals surface area contributed by atoms with Gasteiger partial charge in [0.15, 0.2) is 0 Å². The van der Waals surface area contributed by atoms with Gasteiger partial charge in [-0.25, -0.2) is 4.79 Å². The molecular formula is C26H34N4O4. The van der Waals surface area contributed by atoms with Gasteiger partial charge in [-0.05, 0) is 56.6 Å². The molecule has 1 saturated carbocycles. The first kappa shape index (κ1) is 22.7. The highest BCUT2D eigenvalue weighted by molar-refractivity contribution is 5.98. The van der Waals surface area contributed by atoms with Crippen molar-refractivity contribution < 1.29 is 19.1 Å². The number of carbonyl (C=O) groups excluding carboxylic acids is 3. The van der Waals surface area contributed by atoms with Crippen LogP contribution in [-0.4, -0.2) is 71.1 Å². The maximum Gasteiger partial charge on any atom is 0.409 e. The van der Waals surface area contributed by atoms with Crippen molar-refractivity contribution in [3.05, 3.63) is 36.0 Å². The number of carbonyl (C=O) groups is 3. The molecular weight excluding hydrogens is 432 g/mol. The summed E-state index contributed by atoms with van der Waals surface area (Å²) in [5, 5.41) is 4.30. The summed E-state index contributed by atoms with van der Waals surface area (Å²) in [5.74, 6) is 0.261. The third-order valence-corrected chi connectivity index (χ3v) is 8.09. The first-order chi connectivity index (χ1) is 16.4. The van der Waals surface area contributed by atoms with Crippen LogP contribution in [0.5, 0.6) is 0 Å². The average Bonchev–Trinajstić information content (AvgIpc) is 3.45. The summed E-state index contributed by atoms with van der Waals surface area (Å²) in [6.07, 6.45) is 3.92. The molecule has 3 amide bonds. The Morgan fingerprint density at radius 3 is 2.44 bits per heavy atom. The molecule has 3 aliphatic rings. The maximum atomic E-state index is 13.2. The smallest absolute Gasteiger partial charge is 0.409 e. The van der Waals surface area contributed by atoms with Crippen LogP contribution in [0.1, 0.15) is 49.5 Å². The molecule has 8 heteroatoms. The predicted octanol–water partition coefficient (Wildman–Crippen LogP) is 3.16. The molecule has 182 valence electrons. The molecule has 0 bridgehead atoms. The van der Waals surface area contributed by atoms with Crippen molar-refractivity contribution >= 4 is 28.8 Å². The highest BCUT2D eigenvalue weighted by Gasteiger charge is 2.59. The van der Waals surface area contributed by atoms with Gasteiger partial charge in [-0.2, -0.15) is 0 Å². The number of amides is 3. The number of likely N-dealkylation sites (tertiary alicyclic amines) is 2. The van der Waals surface area contributed by atoms with E-state index in [0.717, 1.165) is 48.7 Å². The molecule has 1 aromatic heterocycles. The number of piperidine rings is 2. The second-order valence-corrected chi connectivity index (χ2v) is 10.0. The Labute approximate surface area is 200 Å². The van der Waals surface area contributed by atoms with E-state index in [1.165, 1.54) is 0 Å². The van der Waals surface area contributed by atoms with Crippen LogP contribution >= 0.6 is 0 Å². The topological polar surface area (TPSA) is 83.9 Å². The second kappa shape index (κ2) is 8.96. The minimum Gasteiger partial charge on any atom is -0.450 e. The Balaban J connectivity index is 1.12. The number of nitrogens with zero attached hydrogens (tertiary/aromatic N) is 3. The summed E-state index contributed by atoms with van der Waals surface area (Å²) in [7, 11) is 1.94. The number of aromatic nitrogens is 1. The molecule has 1 aliphatic carbocycles. The summed E-state index contributed by atoms with van der Waals surface area (Å²) < 4.78 is 7.04. The summed E-state index contributed by atoms with van der Waals surface area (Å²) in [6, 6.07) is 10.1. The van der Waals surface area contributed by atoms with Crippen LogP contribution in [0.25, 0.3) is 10.9 Å². The number of hydrogen-bond donors (Lipinski definition) is 1. The molecule has 5 rings (SSSR count). The first-order valence-corrected chi connectivity index (χ1v) is 12.5. The highest BCUT2D eigenvalue weighted by Crippen LogP contribution is 2.59. The molecule has 1 N–H and O–H groups in total. The summed E-state index contributed by atoms with van der Waals surface area (Å²) >= 11 is 0. The minimum absolute atomic E-state index is 0.0467. The first-order valence-electron chi connectivity index (χ1n) is 12.5. The van der Waals surface area contributed by atoms with Crippen molar-refractivity contribution in [2.45, 2.75) is 45.1 Å². The average molecular weight is 467 g/mol. The Kier molecular flexibility index (Phi) is 6.00. The van der Waals surface area contributed by atoms with Crippen LogP contribution in [0, 0.1) is 11.3 Å². The Hall–Kier alpha value is -3.03. The molecule has 2 aliphatic heterocycles. The van der Waals surface area contributed by atoms with E-state index >= 15 is 0 Å². The van der Waals surface area contributed by atoms with E-state index < -0.39 is 0 Å². The molecule has 1 atom stereocenters. The number of benzene rings is 1. The van der Waals surface area contributed by atoms with Gasteiger partial charge in [0.25, 0.3) is 5.91 Å². The van der Waals surface area contributed by atoms with Crippen LogP contribution in [-0.2, 0) is 16.6 Å². The lowest BCUT2D eigenvalue weighted by atomic mass is 9.90. The lowest BCUT2D eigenvalue weighted by molar-refractivity contribution is -0.124. The van der Waals surface area contributed by atoms with Crippen LogP contribution in [0.4, 0.5) is 4.79 Å². The monoisotopic (exact) mass is 466 g/mol. The molecule has 3 heterocycles. The van der Waals surface area contributed by atoms with Crippen LogP contribution < -0.4 is 5.32 Å². The summed E-state index contributed by atoms with van der Waals surface area (Å²) in [5.41, 5.74) is 1.83. The molecule has 3 fully saturated rings. The van der Waals surface area contributed by atoms with E-state index in [9.17, 15) is 14.4 Å². The largest absolute Gasteiger partial charge is 0.450 e. The van der Waals surface area contributed by atoms with Crippen LogP contribution in [0.2, 0.25) is 0 Å². The molecule has 0 radical (unpaired) electrons. The van der Waals surface area contributed by atoms with E-state index in [4.69, 9.17) is 4.74 Å². The number of aryl methyl sites for hydroxylation is 1. The van der Waals surface area contributed by atoms with Gasteiger partial charge in [-0.3, -0.25) is 9.59 Å². The van der Waals surface area contributed by atoms with Crippen LogP contribution in [0.3, 0.4) is 0 Å². The number of hydrogen-bond acceptors (Lipinski definition) is 4. The van der Waals surface area contributed by atoms with Crippen molar-refractivity contribution in [3.8, 4) is 0 Å². The van der Waals surface area contributed by atoms with Gasteiger partial charge < -0.3 is 24.4 Å². The van der Waals surface area contributed by atoms with E-state index in [0.29, 0.717) is 32.8 Å². The summed E-state index contributed by atoms with van der Waals surface area (Å²) in [4.78, 5) is 41.7. The number of para-hydroxylation sites is 1. The number of fused-ring (bicyclic) bond motifs is 1. The molecule has 0 unspecified atom stereocenters. The number of ether oxygens (including phenoxy) is 1. The lowest BCUT2D eigenvalue weighted by Crippen LogP contribution is -2.47. The molecule has 1 aromatic carbocycles. The van der Waals surface area contributed by atoms with Gasteiger partial charge in [0.05, 0.1) is 6.61 Å². The zero-order valence-electron chi connectivity index (χ0n) is 20.1. The molecule has 2 saturated heterocycles. The van der Waals surface area contributed by atoms with Crippen LogP contribution in [0.15, 0.2) is 30.3 Å². The fourth-order valence-electron chi connectivity index (χ4n) is 5.81. The molecule has 1 spiro atoms. The van der Waals surface area contributed by atoms with Gasteiger partial charge in [-0.1, -0.05) is 18.2 Å². The molecule has 8 nitrogen and oxygen atoms in total. The Morgan fingerprint density at radius 2 is 1.76 bits per heavy atom. The van der Waals surface area contributed by atoms with Crippen molar-refractivity contribution in [3.63, 3.8) is 0 Å². The van der Waals surface area contributed by atoms with Crippen molar-refractivity contribution in [1.82, 2.24) is 19.7 Å². The predicted molar refractivity (Wildman–Crippen MR) is 128 cm³/mol. The standard InChI is InChI=1S/C26H34N4O4/c1-3-34-25(33)30-12-8-19(9-13-30)27-23(31)20-17-26(20)10-14-29(15-11-26)24(32)22-16-18-6-4-5-7-21(18)28(22)2/h4-7,16,19-20H,3,8-15,17H2,1-2H3,(H,27,31)/t20-/m0/s1. The van der Waals surface area contributed by atoms with Crippen molar-refractivity contribution in [2.24, 2.45) is 18.4 Å². The zero-order valence-corrected chi connectivity index (χ0v) is 20.1. The Bertz CT molecular complexity index is 1090. The summed E-state index contributed by atoms with van der Waals surface area (Å²) in [6.45, 7) is 4.81. The third kappa shape index (κ3) is 4.14. The fourth-order valence-corrected chi connectivity index (χ4v) is 5.81. The van der Waals surface area contributed by atoms with Gasteiger partial charge >= 0.3 is 6.09 Å². The maximum absolute atomic E-state index is 13.2. The number of nitrogens with one attached hydrogen (secondary N) is 1. The molecule has 2 aromatic rings. The Morgan fingerprint density at radius 1 is 1.06 bits per heavy atom. The normalized spacial score (nSPS) is 22.1. The SMILES string of the molecule is CCOC(=O)N1CCC(NC(=O)[C@@H]2CC23CCN(C(=O)c2cc4ccccc4n2C)CC3)CC1. The van der Waals surface area contributed by atoms with Gasteiger partial charge in [0.1, 0.15) is 5.69 Å². The van der Waals surface area contributed by atoms with Crippen molar-refractivity contribution in [2.75, 3.05) is 32.8 Å². The fraction of sp³-hybridized carbons (Fsp3) is 0.577. The van der Waals surface area contributed by atoms with Gasteiger partial charge in [0.2, 0.25) is 5.91 Å². The van der Waals surface area contributed by atoms with Gasteiger partial charge in [-0.15, -0.1) is 0 Å². The van der Waals surface area contributed by atoms with Gasteiger partial charge in [0, 0.05) is 56.1 Å². The highest BCUT2D eigenvalue weighted by atomic mass is 16.6. The van der Waals surface area contributed by atoms with E-state index in [1.54, 1.807) is 11.8 Å². The van der Waals surface area contributed by atoms with Crippen molar-refractivity contribution in [1.29, 1.82) is 0 Å². The van der Waals surface area contributed by atoms with E-state index in [1.807, 2.05) is 46.8 Å². The number of rotatable bonds is 4. The quantitative estimate of drug-likeness (QED) is 0.750. The molecule has 34 heavy (non-hydrogen) atoms. The lowest BCUT2D eigenvalue weighted by Gasteiger charge is -2.34. The second-order valence-electron chi connectivity index (χ2n) is 10.0. The van der Waals surface area contributed by atoms with E-state index in [-0.39, 0.29) is 35.3 Å². The minimum atomic E-state index is -0.266. The van der Waals surface area contributed by atoms with E-state index in [2.05, 4.69) is 5.32 Å².